The van der Waals surface area contributed by atoms with E-state index in [1.165, 1.54) is 26.3 Å². The highest BCUT2D eigenvalue weighted by Gasteiger charge is 2.36. The number of carbonyl (C=O) groups is 2. The summed E-state index contributed by atoms with van der Waals surface area (Å²) in [6, 6.07) is 17.5. The molecule has 0 saturated carbocycles. The summed E-state index contributed by atoms with van der Waals surface area (Å²) < 4.78 is 17.1. The third-order valence-electron chi connectivity index (χ3n) is 5.24. The minimum Gasteiger partial charge on any atom is -0.493 e. The molecule has 33 heavy (non-hydrogen) atoms. The van der Waals surface area contributed by atoms with Gasteiger partial charge in [-0.05, 0) is 42.5 Å². The molecule has 2 amide bonds. The van der Waals surface area contributed by atoms with Gasteiger partial charge in [0.25, 0.3) is 11.8 Å². The van der Waals surface area contributed by atoms with Crippen molar-refractivity contribution >= 4 is 33.4 Å². The van der Waals surface area contributed by atoms with E-state index in [-0.39, 0.29) is 5.91 Å². The molecule has 1 atom stereocenters. The molecule has 0 radical (unpaired) electrons. The van der Waals surface area contributed by atoms with Crippen LogP contribution < -0.4 is 25.0 Å². The quantitative estimate of drug-likeness (QED) is 0.510. The van der Waals surface area contributed by atoms with Gasteiger partial charge in [0.1, 0.15) is 6.17 Å². The minimum absolute atomic E-state index is 0.368. The van der Waals surface area contributed by atoms with E-state index in [4.69, 9.17) is 14.2 Å². The highest BCUT2D eigenvalue weighted by molar-refractivity contribution is 9.10. The van der Waals surface area contributed by atoms with E-state index in [0.29, 0.717) is 39.6 Å². The van der Waals surface area contributed by atoms with Gasteiger partial charge in [-0.15, -0.1) is 0 Å². The van der Waals surface area contributed by atoms with Gasteiger partial charge in [0.05, 0.1) is 26.9 Å². The van der Waals surface area contributed by atoms with Crippen LogP contribution in [0.5, 0.6) is 17.2 Å². The predicted octanol–water partition coefficient (Wildman–Crippen LogP) is 4.39. The normalized spacial score (nSPS) is 14.7. The van der Waals surface area contributed by atoms with Crippen LogP contribution in [0.3, 0.4) is 0 Å². The molecule has 0 fully saturated rings. The summed E-state index contributed by atoms with van der Waals surface area (Å²) in [5.74, 6) is 0.499. The first kappa shape index (κ1) is 22.5. The van der Waals surface area contributed by atoms with Crippen LogP contribution in [0.4, 0.5) is 5.69 Å². The maximum absolute atomic E-state index is 13.5. The number of ether oxygens (including phenoxy) is 3. The van der Waals surface area contributed by atoms with Crippen molar-refractivity contribution in [1.29, 1.82) is 0 Å². The van der Waals surface area contributed by atoms with Crippen LogP contribution in [0, 0.1) is 0 Å². The highest BCUT2D eigenvalue weighted by atomic mass is 79.9. The average molecular weight is 512 g/mol. The Labute approximate surface area is 199 Å². The summed E-state index contributed by atoms with van der Waals surface area (Å²) in [5, 5.41) is 4.60. The molecule has 0 saturated heterocycles. The lowest BCUT2D eigenvalue weighted by Crippen LogP contribution is -2.52. The summed E-state index contributed by atoms with van der Waals surface area (Å²) in [6.45, 7) is 0. The lowest BCUT2D eigenvalue weighted by Gasteiger charge is -2.38. The second kappa shape index (κ2) is 9.41. The van der Waals surface area contributed by atoms with Crippen molar-refractivity contribution in [3.63, 3.8) is 0 Å². The number of rotatable bonds is 6. The Morgan fingerprint density at radius 1 is 0.970 bits per heavy atom. The van der Waals surface area contributed by atoms with E-state index in [1.807, 2.05) is 12.1 Å². The lowest BCUT2D eigenvalue weighted by atomic mass is 10.0. The number of hydrazine groups is 1. The van der Waals surface area contributed by atoms with Gasteiger partial charge >= 0.3 is 0 Å². The first-order valence-electron chi connectivity index (χ1n) is 10.0. The minimum atomic E-state index is -0.743. The smallest absolute Gasteiger partial charge is 0.276 e. The van der Waals surface area contributed by atoms with Gasteiger partial charge in [-0.25, -0.2) is 5.01 Å². The second-order valence-electron chi connectivity index (χ2n) is 7.18. The first-order valence-corrected chi connectivity index (χ1v) is 10.8. The first-order chi connectivity index (χ1) is 16.0. The Morgan fingerprint density at radius 2 is 1.64 bits per heavy atom. The van der Waals surface area contributed by atoms with Crippen LogP contribution in [0.25, 0.3) is 0 Å². The number of fused-ring (bicyclic) bond motifs is 1. The molecule has 1 aliphatic heterocycles. The molecule has 3 aromatic carbocycles. The Balaban J connectivity index is 1.81. The van der Waals surface area contributed by atoms with Gasteiger partial charge in [-0.2, -0.15) is 0 Å². The maximum Gasteiger partial charge on any atom is 0.276 e. The third kappa shape index (κ3) is 4.31. The molecule has 4 rings (SSSR count). The molecular weight excluding hydrogens is 490 g/mol. The summed E-state index contributed by atoms with van der Waals surface area (Å²) >= 11 is 3.41. The van der Waals surface area contributed by atoms with Gasteiger partial charge in [0, 0.05) is 21.3 Å². The van der Waals surface area contributed by atoms with Crippen molar-refractivity contribution in [1.82, 2.24) is 10.4 Å². The number of methoxy groups -OCH3 is 3. The topological polar surface area (TPSA) is 89.1 Å². The molecule has 0 bridgehead atoms. The van der Waals surface area contributed by atoms with Crippen LogP contribution in [-0.4, -0.2) is 38.2 Å². The number of amides is 2. The van der Waals surface area contributed by atoms with E-state index >= 15 is 0 Å². The van der Waals surface area contributed by atoms with Crippen LogP contribution in [0.1, 0.15) is 32.4 Å². The zero-order chi connectivity index (χ0) is 23.5. The maximum atomic E-state index is 13.5. The van der Waals surface area contributed by atoms with Gasteiger partial charge in [-0.3, -0.25) is 15.0 Å². The Bertz CT molecular complexity index is 1180. The SMILES string of the molecule is COc1cc([C@H]2Nc3ccc(Br)cc3C(=O)N2NC(=O)c2ccccc2)cc(OC)c1OC. The zero-order valence-corrected chi connectivity index (χ0v) is 19.8. The molecule has 1 heterocycles. The molecule has 9 heteroatoms. The number of halogens is 1. The molecule has 8 nitrogen and oxygen atoms in total. The predicted molar refractivity (Wildman–Crippen MR) is 127 cm³/mol. The van der Waals surface area contributed by atoms with Crippen molar-refractivity contribution in [2.45, 2.75) is 6.17 Å². The summed E-state index contributed by atoms with van der Waals surface area (Å²) in [6.07, 6.45) is -0.743. The number of nitrogens with one attached hydrogen (secondary N) is 2. The monoisotopic (exact) mass is 511 g/mol. The summed E-state index contributed by atoms with van der Waals surface area (Å²) in [7, 11) is 4.55. The molecule has 2 N–H and O–H groups in total. The van der Waals surface area contributed by atoms with Crippen molar-refractivity contribution in [2.75, 3.05) is 26.6 Å². The van der Waals surface area contributed by atoms with E-state index in [9.17, 15) is 9.59 Å². The van der Waals surface area contributed by atoms with Crippen LogP contribution in [0.15, 0.2) is 65.1 Å². The largest absolute Gasteiger partial charge is 0.493 e. The number of anilines is 1. The van der Waals surface area contributed by atoms with E-state index in [2.05, 4.69) is 26.7 Å². The van der Waals surface area contributed by atoms with E-state index < -0.39 is 12.1 Å². The molecule has 1 aliphatic rings. The number of hydrogen-bond acceptors (Lipinski definition) is 6. The number of hydrogen-bond donors (Lipinski definition) is 2. The second-order valence-corrected chi connectivity index (χ2v) is 8.09. The van der Waals surface area contributed by atoms with E-state index in [1.54, 1.807) is 48.5 Å². The number of nitrogens with zero attached hydrogens (tertiary/aromatic N) is 1. The van der Waals surface area contributed by atoms with Gasteiger partial charge in [0.15, 0.2) is 11.5 Å². The summed E-state index contributed by atoms with van der Waals surface area (Å²) in [5.41, 5.74) is 4.85. The molecular formula is C24H22BrN3O5. The zero-order valence-electron chi connectivity index (χ0n) is 18.2. The Hall–Kier alpha value is -3.72. The van der Waals surface area contributed by atoms with Crippen LogP contribution in [0.2, 0.25) is 0 Å². The third-order valence-corrected chi connectivity index (χ3v) is 5.74. The lowest BCUT2D eigenvalue weighted by molar-refractivity contribution is 0.0490. The van der Waals surface area contributed by atoms with Gasteiger partial charge < -0.3 is 19.5 Å². The van der Waals surface area contributed by atoms with Crippen LogP contribution >= 0.6 is 15.9 Å². The van der Waals surface area contributed by atoms with Crippen LogP contribution in [-0.2, 0) is 0 Å². The fourth-order valence-corrected chi connectivity index (χ4v) is 4.01. The fraction of sp³-hybridized carbons (Fsp3) is 0.167. The van der Waals surface area contributed by atoms with Gasteiger partial charge in [0.2, 0.25) is 5.75 Å². The van der Waals surface area contributed by atoms with Gasteiger partial charge in [-0.1, -0.05) is 34.1 Å². The van der Waals surface area contributed by atoms with Crippen molar-refractivity contribution in [2.24, 2.45) is 0 Å². The Morgan fingerprint density at radius 3 is 2.24 bits per heavy atom. The van der Waals surface area contributed by atoms with Crippen molar-refractivity contribution in [3.8, 4) is 17.2 Å². The standard InChI is InChI=1S/C24H22BrN3O5/c1-31-19-11-15(12-20(32-2)21(19)33-3)22-26-18-10-9-16(25)13-17(18)24(30)28(22)27-23(29)14-7-5-4-6-8-14/h4-13,22,26H,1-3H3,(H,27,29)/t22-/m0/s1. The average Bonchev–Trinajstić information content (AvgIpc) is 2.85. The molecule has 170 valence electrons. The molecule has 0 aromatic heterocycles. The fourth-order valence-electron chi connectivity index (χ4n) is 3.65. The number of carbonyl (C=O) groups excluding carboxylic acids is 2. The number of benzene rings is 3. The van der Waals surface area contributed by atoms with Crippen molar-refractivity contribution < 1.29 is 23.8 Å². The Kier molecular flexibility index (Phi) is 6.41. The highest BCUT2D eigenvalue weighted by Crippen LogP contribution is 2.42. The molecule has 0 spiro atoms. The molecule has 3 aromatic rings. The molecule has 0 aliphatic carbocycles. The summed E-state index contributed by atoms with van der Waals surface area (Å²) in [4.78, 5) is 26.5. The molecule has 0 unspecified atom stereocenters. The van der Waals surface area contributed by atoms with E-state index in [0.717, 1.165) is 4.47 Å². The van der Waals surface area contributed by atoms with Crippen molar-refractivity contribution in [3.05, 3.63) is 81.8 Å².